The SMILES string of the molecule is Nc1c(Cl)c(Cl)nc(C(=O)N/N=C\c2ccc(F)cc2)c1Cl. The molecule has 3 N–H and O–H groups in total. The molecule has 0 saturated heterocycles. The Hall–Kier alpha value is -1.89. The first-order valence-corrected chi connectivity index (χ1v) is 6.92. The predicted octanol–water partition coefficient (Wildman–Crippen LogP) is 3.53. The van der Waals surface area contributed by atoms with Crippen LogP contribution in [0.15, 0.2) is 29.4 Å². The molecular formula is C13H8Cl3FN4O. The zero-order chi connectivity index (χ0) is 16.3. The monoisotopic (exact) mass is 360 g/mol. The van der Waals surface area contributed by atoms with Gasteiger partial charge in [0.1, 0.15) is 10.8 Å². The fraction of sp³-hybridized carbons (Fsp3) is 0. The summed E-state index contributed by atoms with van der Waals surface area (Å²) in [5.41, 5.74) is 8.17. The van der Waals surface area contributed by atoms with Crippen LogP contribution < -0.4 is 11.2 Å². The molecule has 0 bridgehead atoms. The molecule has 9 heteroatoms. The maximum atomic E-state index is 12.7. The third kappa shape index (κ3) is 3.65. The number of hydrogen-bond acceptors (Lipinski definition) is 4. The van der Waals surface area contributed by atoms with E-state index in [2.05, 4.69) is 15.5 Å². The molecule has 2 rings (SSSR count). The predicted molar refractivity (Wildman–Crippen MR) is 85.1 cm³/mol. The summed E-state index contributed by atoms with van der Waals surface area (Å²) in [5.74, 6) is -1.09. The minimum absolute atomic E-state index is 0.0296. The van der Waals surface area contributed by atoms with Gasteiger partial charge in [0.15, 0.2) is 10.8 Å². The number of nitrogens with one attached hydrogen (secondary N) is 1. The summed E-state index contributed by atoms with van der Waals surface area (Å²) in [6.07, 6.45) is 1.33. The number of hydrazone groups is 1. The number of amides is 1. The summed E-state index contributed by atoms with van der Waals surface area (Å²) in [6, 6.07) is 5.52. The van der Waals surface area contributed by atoms with Crippen molar-refractivity contribution < 1.29 is 9.18 Å². The highest BCUT2D eigenvalue weighted by Gasteiger charge is 2.19. The second-order valence-electron chi connectivity index (χ2n) is 4.04. The van der Waals surface area contributed by atoms with Crippen LogP contribution in [0.4, 0.5) is 10.1 Å². The lowest BCUT2D eigenvalue weighted by Crippen LogP contribution is -2.20. The molecule has 114 valence electrons. The smallest absolute Gasteiger partial charge is 0.291 e. The average Bonchev–Trinajstić information content (AvgIpc) is 2.50. The number of carbonyl (C=O) groups excluding carboxylic acids is 1. The van der Waals surface area contributed by atoms with Crippen LogP contribution in [-0.2, 0) is 0 Å². The number of nitrogens with zero attached hydrogens (tertiary/aromatic N) is 2. The summed E-state index contributed by atoms with van der Waals surface area (Å²) in [4.78, 5) is 15.7. The molecule has 2 aromatic rings. The van der Waals surface area contributed by atoms with Crippen molar-refractivity contribution in [3.8, 4) is 0 Å². The quantitative estimate of drug-likeness (QED) is 0.498. The standard InChI is InChI=1S/C13H8Cl3FN4O/c14-8-10(18)9(15)12(16)20-11(8)13(22)21-19-5-6-1-3-7(17)4-2-6/h1-5H,(H2,18,20)(H,21,22)/b19-5-. The van der Waals surface area contributed by atoms with E-state index in [9.17, 15) is 9.18 Å². The fourth-order valence-corrected chi connectivity index (χ4v) is 2.04. The van der Waals surface area contributed by atoms with Gasteiger partial charge in [-0.3, -0.25) is 4.79 Å². The van der Waals surface area contributed by atoms with Crippen molar-refractivity contribution in [2.24, 2.45) is 5.10 Å². The summed E-state index contributed by atoms with van der Waals surface area (Å²) < 4.78 is 12.7. The number of benzene rings is 1. The van der Waals surface area contributed by atoms with Crippen molar-refractivity contribution in [2.75, 3.05) is 5.73 Å². The Bertz CT molecular complexity index is 750. The van der Waals surface area contributed by atoms with Gasteiger partial charge in [-0.2, -0.15) is 5.10 Å². The van der Waals surface area contributed by atoms with Gasteiger partial charge in [-0.25, -0.2) is 14.8 Å². The Morgan fingerprint density at radius 3 is 2.50 bits per heavy atom. The van der Waals surface area contributed by atoms with E-state index in [0.29, 0.717) is 5.56 Å². The van der Waals surface area contributed by atoms with Crippen molar-refractivity contribution in [1.29, 1.82) is 0 Å². The molecule has 0 unspecified atom stereocenters. The molecule has 1 aromatic heterocycles. The first kappa shape index (κ1) is 16.5. The molecule has 0 aliphatic heterocycles. The molecule has 1 amide bonds. The number of hydrogen-bond donors (Lipinski definition) is 2. The van der Waals surface area contributed by atoms with Crippen molar-refractivity contribution >= 4 is 52.6 Å². The topological polar surface area (TPSA) is 80.4 Å². The van der Waals surface area contributed by atoms with Crippen LogP contribution >= 0.6 is 34.8 Å². The average molecular weight is 362 g/mol. The highest BCUT2D eigenvalue weighted by atomic mass is 35.5. The van der Waals surface area contributed by atoms with Gasteiger partial charge in [-0.1, -0.05) is 46.9 Å². The van der Waals surface area contributed by atoms with Crippen LogP contribution in [0.25, 0.3) is 0 Å². The van der Waals surface area contributed by atoms with Crippen LogP contribution in [0.1, 0.15) is 16.1 Å². The molecule has 5 nitrogen and oxygen atoms in total. The Kier molecular flexibility index (Phi) is 5.18. The van der Waals surface area contributed by atoms with Crippen molar-refractivity contribution in [2.45, 2.75) is 0 Å². The number of rotatable bonds is 3. The summed E-state index contributed by atoms with van der Waals surface area (Å²) >= 11 is 17.4. The van der Waals surface area contributed by atoms with Crippen molar-refractivity contribution in [3.63, 3.8) is 0 Å². The number of nitrogens with two attached hydrogens (primary N) is 1. The molecule has 22 heavy (non-hydrogen) atoms. The van der Waals surface area contributed by atoms with Gasteiger partial charge < -0.3 is 5.73 Å². The van der Waals surface area contributed by atoms with E-state index >= 15 is 0 Å². The van der Waals surface area contributed by atoms with Crippen LogP contribution in [0, 0.1) is 5.82 Å². The van der Waals surface area contributed by atoms with E-state index in [1.54, 1.807) is 0 Å². The van der Waals surface area contributed by atoms with Gasteiger partial charge in [0.2, 0.25) is 0 Å². The Morgan fingerprint density at radius 1 is 1.23 bits per heavy atom. The number of carbonyl (C=O) groups is 1. The molecule has 0 atom stereocenters. The third-order valence-corrected chi connectivity index (χ3v) is 3.67. The maximum absolute atomic E-state index is 12.7. The van der Waals surface area contributed by atoms with Gasteiger partial charge in [-0.05, 0) is 17.7 Å². The lowest BCUT2D eigenvalue weighted by Gasteiger charge is -2.07. The minimum Gasteiger partial charge on any atom is -0.396 e. The highest BCUT2D eigenvalue weighted by molar-refractivity contribution is 6.46. The number of halogens is 4. The number of anilines is 1. The van der Waals surface area contributed by atoms with Gasteiger partial charge in [0, 0.05) is 0 Å². The Balaban J connectivity index is 2.15. The second kappa shape index (κ2) is 6.91. The Labute approximate surface area is 139 Å². The van der Waals surface area contributed by atoms with Crippen molar-refractivity contribution in [1.82, 2.24) is 10.4 Å². The van der Waals surface area contributed by atoms with Gasteiger partial charge in [-0.15, -0.1) is 0 Å². The molecule has 0 aliphatic rings. The maximum Gasteiger partial charge on any atom is 0.291 e. The van der Waals surface area contributed by atoms with Crippen LogP contribution in [0.3, 0.4) is 0 Å². The molecule has 0 aliphatic carbocycles. The van der Waals surface area contributed by atoms with Crippen LogP contribution in [0.2, 0.25) is 15.2 Å². The molecule has 0 spiro atoms. The second-order valence-corrected chi connectivity index (χ2v) is 5.16. The minimum atomic E-state index is -0.714. The van der Waals surface area contributed by atoms with E-state index in [1.807, 2.05) is 0 Å². The first-order chi connectivity index (χ1) is 10.4. The zero-order valence-corrected chi connectivity index (χ0v) is 13.0. The highest BCUT2D eigenvalue weighted by Crippen LogP contribution is 2.34. The lowest BCUT2D eigenvalue weighted by molar-refractivity contribution is 0.0950. The lowest BCUT2D eigenvalue weighted by atomic mass is 10.2. The summed E-state index contributed by atoms with van der Waals surface area (Å²) in [5, 5.41) is 3.41. The molecule has 0 saturated carbocycles. The van der Waals surface area contributed by atoms with E-state index in [4.69, 9.17) is 40.5 Å². The van der Waals surface area contributed by atoms with E-state index in [-0.39, 0.29) is 32.4 Å². The number of nitrogen functional groups attached to an aromatic ring is 1. The molecule has 0 radical (unpaired) electrons. The normalized spacial score (nSPS) is 10.9. The van der Waals surface area contributed by atoms with E-state index in [0.717, 1.165) is 0 Å². The molecular weight excluding hydrogens is 354 g/mol. The fourth-order valence-electron chi connectivity index (χ4n) is 1.45. The summed E-state index contributed by atoms with van der Waals surface area (Å²) in [6.45, 7) is 0. The van der Waals surface area contributed by atoms with Gasteiger partial charge in [0.05, 0.1) is 16.9 Å². The Morgan fingerprint density at radius 2 is 1.86 bits per heavy atom. The van der Waals surface area contributed by atoms with Crippen molar-refractivity contribution in [3.05, 3.63) is 56.5 Å². The van der Waals surface area contributed by atoms with E-state index in [1.165, 1.54) is 30.5 Å². The van der Waals surface area contributed by atoms with E-state index < -0.39 is 5.91 Å². The van der Waals surface area contributed by atoms with Crippen LogP contribution in [0.5, 0.6) is 0 Å². The van der Waals surface area contributed by atoms with Gasteiger partial charge in [0.25, 0.3) is 5.91 Å². The summed E-state index contributed by atoms with van der Waals surface area (Å²) in [7, 11) is 0. The molecule has 1 heterocycles. The zero-order valence-electron chi connectivity index (χ0n) is 10.8. The third-order valence-electron chi connectivity index (χ3n) is 2.54. The number of pyridine rings is 1. The number of aromatic nitrogens is 1. The molecule has 0 fully saturated rings. The van der Waals surface area contributed by atoms with Crippen LogP contribution in [-0.4, -0.2) is 17.1 Å². The largest absolute Gasteiger partial charge is 0.396 e. The molecule has 1 aromatic carbocycles. The first-order valence-electron chi connectivity index (χ1n) is 5.79. The van der Waals surface area contributed by atoms with Gasteiger partial charge >= 0.3 is 0 Å².